The third kappa shape index (κ3) is 1.36. The van der Waals surface area contributed by atoms with Crippen LogP contribution in [0.5, 0.6) is 0 Å². The van der Waals surface area contributed by atoms with Crippen LogP contribution >= 0.6 is 27.3 Å². The fraction of sp³-hybridized carbons (Fsp3) is 0. The van der Waals surface area contributed by atoms with Crippen LogP contribution in [0.15, 0.2) is 28.4 Å². The predicted molar refractivity (Wildman–Crippen MR) is 49.6 cm³/mol. The van der Waals surface area contributed by atoms with Crippen molar-refractivity contribution in [1.29, 1.82) is 0 Å². The predicted octanol–water partition coefficient (Wildman–Crippen LogP) is 2.90. The van der Waals surface area contributed by atoms with Gasteiger partial charge in [0, 0.05) is 23.3 Å². The molecule has 2 rings (SSSR count). The maximum atomic E-state index is 4.27. The lowest BCUT2D eigenvalue weighted by Crippen LogP contribution is -1.68. The lowest BCUT2D eigenvalue weighted by molar-refractivity contribution is 1.36. The Morgan fingerprint density at radius 3 is 3.00 bits per heavy atom. The lowest BCUT2D eigenvalue weighted by Gasteiger charge is -1.84. The summed E-state index contributed by atoms with van der Waals surface area (Å²) in [7, 11) is 0. The molecule has 0 aliphatic heterocycles. The Morgan fingerprint density at radius 1 is 1.55 bits per heavy atom. The molecule has 0 spiro atoms. The van der Waals surface area contributed by atoms with E-state index in [1.54, 1.807) is 11.3 Å². The van der Waals surface area contributed by atoms with Gasteiger partial charge < -0.3 is 4.98 Å². The molecule has 56 valence electrons. The Morgan fingerprint density at radius 2 is 2.45 bits per heavy atom. The second-order valence-corrected chi connectivity index (χ2v) is 3.75. The highest BCUT2D eigenvalue weighted by atomic mass is 79.9. The van der Waals surface area contributed by atoms with E-state index >= 15 is 0 Å². The molecule has 0 aromatic carbocycles. The number of rotatable bonds is 1. The quantitative estimate of drug-likeness (QED) is 0.800. The minimum atomic E-state index is 0.902. The van der Waals surface area contributed by atoms with E-state index in [-0.39, 0.29) is 0 Å². The molecule has 4 heteroatoms. The summed E-state index contributed by atoms with van der Waals surface area (Å²) < 4.78 is 0.902. The van der Waals surface area contributed by atoms with Gasteiger partial charge >= 0.3 is 0 Å². The van der Waals surface area contributed by atoms with Crippen LogP contribution in [0.4, 0.5) is 0 Å². The summed E-state index contributed by atoms with van der Waals surface area (Å²) in [5.74, 6) is 0. The lowest BCUT2D eigenvalue weighted by atomic mass is 10.4. The van der Waals surface area contributed by atoms with Gasteiger partial charge in [-0.3, -0.25) is 0 Å². The highest BCUT2D eigenvalue weighted by Crippen LogP contribution is 2.24. The minimum Gasteiger partial charge on any atom is -0.367 e. The number of aromatic nitrogens is 2. The fourth-order valence-corrected chi connectivity index (χ4v) is 2.09. The molecule has 11 heavy (non-hydrogen) atoms. The average molecular weight is 229 g/mol. The van der Waals surface area contributed by atoms with E-state index in [9.17, 15) is 0 Å². The van der Waals surface area contributed by atoms with Crippen molar-refractivity contribution >= 4 is 27.3 Å². The van der Waals surface area contributed by atoms with Gasteiger partial charge in [-0.15, -0.1) is 11.3 Å². The van der Waals surface area contributed by atoms with Gasteiger partial charge in [0.25, 0.3) is 0 Å². The Labute approximate surface area is 76.4 Å². The van der Waals surface area contributed by atoms with Gasteiger partial charge in [0.05, 0.1) is 0 Å². The molecule has 0 saturated heterocycles. The van der Waals surface area contributed by atoms with Gasteiger partial charge in [-0.05, 0) is 22.0 Å². The topological polar surface area (TPSA) is 28.7 Å². The molecule has 0 bridgehead atoms. The van der Waals surface area contributed by atoms with Crippen molar-refractivity contribution in [1.82, 2.24) is 9.97 Å². The number of H-pyrrole nitrogens is 1. The summed E-state index contributed by atoms with van der Waals surface area (Å²) >= 11 is 4.94. The van der Waals surface area contributed by atoms with Gasteiger partial charge in [0.2, 0.25) is 0 Å². The molecule has 2 aromatic rings. The first kappa shape index (κ1) is 7.06. The standard InChI is InChI=1S/C7H5BrN2S/c8-6-4-11-7(10-6)5-1-2-9-3-5/h1-4,9H. The van der Waals surface area contributed by atoms with E-state index in [0.29, 0.717) is 0 Å². The van der Waals surface area contributed by atoms with E-state index in [1.165, 1.54) is 0 Å². The zero-order valence-electron chi connectivity index (χ0n) is 5.54. The van der Waals surface area contributed by atoms with Crippen molar-refractivity contribution < 1.29 is 0 Å². The van der Waals surface area contributed by atoms with Crippen molar-refractivity contribution in [3.63, 3.8) is 0 Å². The summed E-state index contributed by atoms with van der Waals surface area (Å²) in [5.41, 5.74) is 1.14. The number of thiazole rings is 1. The Balaban J connectivity index is 2.45. The van der Waals surface area contributed by atoms with Crippen LogP contribution in [-0.4, -0.2) is 9.97 Å². The smallest absolute Gasteiger partial charge is 0.126 e. The number of aromatic amines is 1. The normalized spacial score (nSPS) is 10.3. The van der Waals surface area contributed by atoms with Gasteiger partial charge in [-0.1, -0.05) is 0 Å². The Bertz CT molecular complexity index is 339. The first-order valence-electron chi connectivity index (χ1n) is 3.10. The molecule has 0 unspecified atom stereocenters. The van der Waals surface area contributed by atoms with Crippen LogP contribution in [0.2, 0.25) is 0 Å². The van der Waals surface area contributed by atoms with Crippen LogP contribution in [-0.2, 0) is 0 Å². The van der Waals surface area contributed by atoms with Gasteiger partial charge in [0.1, 0.15) is 9.61 Å². The molecule has 0 aliphatic carbocycles. The number of hydrogen-bond donors (Lipinski definition) is 1. The molecule has 0 saturated carbocycles. The molecule has 2 heterocycles. The number of nitrogens with one attached hydrogen (secondary N) is 1. The van der Waals surface area contributed by atoms with E-state index in [2.05, 4.69) is 25.9 Å². The maximum Gasteiger partial charge on any atom is 0.126 e. The monoisotopic (exact) mass is 228 g/mol. The Hall–Kier alpha value is -0.610. The molecule has 0 radical (unpaired) electrons. The molecule has 1 N–H and O–H groups in total. The summed E-state index contributed by atoms with van der Waals surface area (Å²) in [6.07, 6.45) is 3.83. The van der Waals surface area contributed by atoms with Crippen molar-refractivity contribution in [2.75, 3.05) is 0 Å². The SMILES string of the molecule is Brc1csc(-c2cc[nH]c2)n1. The molecular formula is C7H5BrN2S. The molecule has 0 aliphatic rings. The summed E-state index contributed by atoms with van der Waals surface area (Å²) in [6, 6.07) is 2.01. The average Bonchev–Trinajstić information content (AvgIpc) is 2.55. The summed E-state index contributed by atoms with van der Waals surface area (Å²) in [6.45, 7) is 0. The third-order valence-corrected chi connectivity index (χ3v) is 2.92. The second-order valence-electron chi connectivity index (χ2n) is 2.08. The van der Waals surface area contributed by atoms with Crippen LogP contribution < -0.4 is 0 Å². The second kappa shape index (κ2) is 2.79. The molecule has 0 atom stereocenters. The Kier molecular flexibility index (Phi) is 1.79. The number of hydrogen-bond acceptors (Lipinski definition) is 2. The van der Waals surface area contributed by atoms with Crippen molar-refractivity contribution in [3.8, 4) is 10.6 Å². The van der Waals surface area contributed by atoms with Crippen LogP contribution in [0, 0.1) is 0 Å². The van der Waals surface area contributed by atoms with E-state index in [1.807, 2.05) is 23.8 Å². The van der Waals surface area contributed by atoms with Crippen LogP contribution in [0.1, 0.15) is 0 Å². The number of halogens is 1. The van der Waals surface area contributed by atoms with E-state index < -0.39 is 0 Å². The third-order valence-electron chi connectivity index (χ3n) is 1.32. The highest BCUT2D eigenvalue weighted by molar-refractivity contribution is 9.10. The fourth-order valence-electron chi connectivity index (χ4n) is 0.844. The van der Waals surface area contributed by atoms with Crippen molar-refractivity contribution in [2.24, 2.45) is 0 Å². The van der Waals surface area contributed by atoms with Crippen LogP contribution in [0.25, 0.3) is 10.6 Å². The first-order valence-corrected chi connectivity index (χ1v) is 4.78. The van der Waals surface area contributed by atoms with Gasteiger partial charge in [0.15, 0.2) is 0 Å². The zero-order valence-corrected chi connectivity index (χ0v) is 7.95. The molecule has 0 amide bonds. The van der Waals surface area contributed by atoms with Crippen molar-refractivity contribution in [3.05, 3.63) is 28.4 Å². The van der Waals surface area contributed by atoms with E-state index in [0.717, 1.165) is 15.2 Å². The van der Waals surface area contributed by atoms with Gasteiger partial charge in [-0.25, -0.2) is 4.98 Å². The minimum absolute atomic E-state index is 0.902. The molecule has 2 nitrogen and oxygen atoms in total. The largest absolute Gasteiger partial charge is 0.367 e. The molecule has 2 aromatic heterocycles. The molecule has 0 fully saturated rings. The van der Waals surface area contributed by atoms with Crippen molar-refractivity contribution in [2.45, 2.75) is 0 Å². The highest BCUT2D eigenvalue weighted by Gasteiger charge is 2.01. The number of nitrogens with zero attached hydrogens (tertiary/aromatic N) is 1. The first-order chi connectivity index (χ1) is 5.36. The summed E-state index contributed by atoms with van der Waals surface area (Å²) in [5, 5.41) is 3.01. The zero-order chi connectivity index (χ0) is 7.68. The van der Waals surface area contributed by atoms with E-state index in [4.69, 9.17) is 0 Å². The molecular weight excluding hydrogens is 224 g/mol. The van der Waals surface area contributed by atoms with Gasteiger partial charge in [-0.2, -0.15) is 0 Å². The maximum absolute atomic E-state index is 4.27. The summed E-state index contributed by atoms with van der Waals surface area (Å²) in [4.78, 5) is 7.26. The van der Waals surface area contributed by atoms with Crippen LogP contribution in [0.3, 0.4) is 0 Å².